The number of hydrogen-bond acceptors (Lipinski definition) is 5. The summed E-state index contributed by atoms with van der Waals surface area (Å²) in [5, 5.41) is 11.8. The summed E-state index contributed by atoms with van der Waals surface area (Å²) in [5.41, 5.74) is 0.778. The number of fused-ring (bicyclic) bond motifs is 1. The zero-order valence-corrected chi connectivity index (χ0v) is 8.85. The van der Waals surface area contributed by atoms with Crippen molar-refractivity contribution in [2.24, 2.45) is 0 Å². The average Bonchev–Trinajstić information content (AvgIpc) is 2.65. The molecule has 0 saturated heterocycles. The summed E-state index contributed by atoms with van der Waals surface area (Å²) in [6.45, 7) is 2.83. The quantitative estimate of drug-likeness (QED) is 0.592. The maximum Gasteiger partial charge on any atom is 0.225 e. The van der Waals surface area contributed by atoms with Crippen LogP contribution in [0.15, 0.2) is 11.2 Å². The number of nitrogens with one attached hydrogen (secondary N) is 2. The van der Waals surface area contributed by atoms with Gasteiger partial charge in [0.25, 0.3) is 0 Å². The monoisotopic (exact) mass is 209 g/mol. The minimum absolute atomic E-state index is 0.647. The van der Waals surface area contributed by atoms with Crippen LogP contribution in [0, 0.1) is 0 Å². The van der Waals surface area contributed by atoms with Crippen molar-refractivity contribution in [2.75, 3.05) is 18.1 Å². The molecule has 0 saturated carbocycles. The summed E-state index contributed by atoms with van der Waals surface area (Å²) >= 11 is 1.59. The van der Waals surface area contributed by atoms with Crippen molar-refractivity contribution in [3.8, 4) is 0 Å². The second kappa shape index (κ2) is 3.83. The molecule has 0 amide bonds. The van der Waals surface area contributed by atoms with Gasteiger partial charge in [-0.05, 0) is 13.2 Å². The second-order valence-corrected chi connectivity index (χ2v) is 3.51. The first-order valence-electron chi connectivity index (χ1n) is 4.34. The summed E-state index contributed by atoms with van der Waals surface area (Å²) in [4.78, 5) is 8.64. The lowest BCUT2D eigenvalue weighted by molar-refractivity contribution is 1.04. The van der Waals surface area contributed by atoms with Crippen LogP contribution in [0.25, 0.3) is 11.0 Å². The number of hydrogen-bond donors (Lipinski definition) is 2. The molecule has 0 radical (unpaired) electrons. The van der Waals surface area contributed by atoms with Crippen molar-refractivity contribution in [1.29, 1.82) is 0 Å². The maximum absolute atomic E-state index is 4.36. The first kappa shape index (κ1) is 9.26. The largest absolute Gasteiger partial charge is 0.354 e. The van der Waals surface area contributed by atoms with Crippen molar-refractivity contribution in [1.82, 2.24) is 20.2 Å². The molecule has 14 heavy (non-hydrogen) atoms. The van der Waals surface area contributed by atoms with E-state index in [0.29, 0.717) is 5.95 Å². The van der Waals surface area contributed by atoms with Crippen LogP contribution in [-0.2, 0) is 0 Å². The Bertz CT molecular complexity index is 438. The van der Waals surface area contributed by atoms with Crippen LogP contribution in [0.3, 0.4) is 0 Å². The molecule has 2 aromatic heterocycles. The fourth-order valence-electron chi connectivity index (χ4n) is 1.20. The highest BCUT2D eigenvalue weighted by Crippen LogP contribution is 2.22. The molecule has 0 atom stereocenters. The lowest BCUT2D eigenvalue weighted by atomic mass is 10.4. The topological polar surface area (TPSA) is 66.5 Å². The van der Waals surface area contributed by atoms with Gasteiger partial charge >= 0.3 is 0 Å². The summed E-state index contributed by atoms with van der Waals surface area (Å²) in [6, 6.07) is 0. The van der Waals surface area contributed by atoms with E-state index in [9.17, 15) is 0 Å². The third kappa shape index (κ3) is 1.52. The molecule has 0 fully saturated rings. The lowest BCUT2D eigenvalue weighted by Crippen LogP contribution is -2.02. The van der Waals surface area contributed by atoms with Gasteiger partial charge < -0.3 is 5.32 Å². The molecule has 2 heterocycles. The van der Waals surface area contributed by atoms with Crippen molar-refractivity contribution in [3.05, 3.63) is 6.20 Å². The Balaban J connectivity index is 2.55. The highest BCUT2D eigenvalue weighted by molar-refractivity contribution is 7.98. The van der Waals surface area contributed by atoms with Crippen LogP contribution in [0.4, 0.5) is 5.95 Å². The summed E-state index contributed by atoms with van der Waals surface area (Å²) in [6.07, 6.45) is 3.74. The van der Waals surface area contributed by atoms with Crippen LogP contribution >= 0.6 is 11.8 Å². The molecule has 2 rings (SSSR count). The molecule has 6 heteroatoms. The van der Waals surface area contributed by atoms with Gasteiger partial charge in [-0.2, -0.15) is 10.1 Å². The van der Waals surface area contributed by atoms with E-state index in [1.807, 2.05) is 13.2 Å². The summed E-state index contributed by atoms with van der Waals surface area (Å²) in [7, 11) is 0. The minimum Gasteiger partial charge on any atom is -0.354 e. The van der Waals surface area contributed by atoms with E-state index in [-0.39, 0.29) is 0 Å². The summed E-state index contributed by atoms with van der Waals surface area (Å²) < 4.78 is 0. The molecule has 0 spiro atoms. The van der Waals surface area contributed by atoms with Crippen LogP contribution < -0.4 is 5.32 Å². The van der Waals surface area contributed by atoms with E-state index < -0.39 is 0 Å². The molecule has 0 aliphatic rings. The molecule has 74 valence electrons. The van der Waals surface area contributed by atoms with Gasteiger partial charge in [0.15, 0.2) is 5.65 Å². The molecular weight excluding hydrogens is 198 g/mol. The molecule has 0 unspecified atom stereocenters. The van der Waals surface area contributed by atoms with Crippen LogP contribution in [0.2, 0.25) is 0 Å². The Morgan fingerprint density at radius 3 is 3.07 bits per heavy atom. The molecule has 5 nitrogen and oxygen atoms in total. The number of thioether (sulfide) groups is 1. The molecule has 2 aromatic rings. The van der Waals surface area contributed by atoms with Gasteiger partial charge in [-0.15, -0.1) is 11.8 Å². The zero-order valence-electron chi connectivity index (χ0n) is 8.03. The predicted molar refractivity (Wildman–Crippen MR) is 57.6 cm³/mol. The van der Waals surface area contributed by atoms with Gasteiger partial charge in [0.05, 0.1) is 11.6 Å². The number of H-pyrrole nitrogens is 1. The Kier molecular flexibility index (Phi) is 2.53. The van der Waals surface area contributed by atoms with E-state index in [4.69, 9.17) is 0 Å². The number of aromatic nitrogens is 4. The first-order chi connectivity index (χ1) is 6.85. The number of anilines is 1. The normalized spacial score (nSPS) is 10.7. The van der Waals surface area contributed by atoms with Gasteiger partial charge in [0, 0.05) is 6.54 Å². The highest BCUT2D eigenvalue weighted by Gasteiger charge is 2.07. The van der Waals surface area contributed by atoms with E-state index >= 15 is 0 Å². The van der Waals surface area contributed by atoms with E-state index in [2.05, 4.69) is 25.5 Å². The Morgan fingerprint density at radius 2 is 2.36 bits per heavy atom. The number of nitrogens with zero attached hydrogens (tertiary/aromatic N) is 3. The number of rotatable bonds is 3. The van der Waals surface area contributed by atoms with E-state index in [0.717, 1.165) is 22.6 Å². The molecule has 0 aliphatic heterocycles. The second-order valence-electron chi connectivity index (χ2n) is 2.72. The van der Waals surface area contributed by atoms with Crippen LogP contribution in [0.1, 0.15) is 6.92 Å². The Hall–Kier alpha value is -1.30. The summed E-state index contributed by atoms with van der Waals surface area (Å²) in [5.74, 6) is 0.647. The van der Waals surface area contributed by atoms with Gasteiger partial charge in [-0.1, -0.05) is 0 Å². The minimum atomic E-state index is 0.647. The van der Waals surface area contributed by atoms with E-state index in [1.54, 1.807) is 18.0 Å². The van der Waals surface area contributed by atoms with Gasteiger partial charge in [-0.3, -0.25) is 5.10 Å². The standard InChI is InChI=1S/C8H11N5S/c1-3-9-8-11-6-5(4-10-13-6)7(12-8)14-2/h4H,3H2,1-2H3,(H2,9,10,11,12,13). The van der Waals surface area contributed by atoms with Gasteiger partial charge in [0.1, 0.15) is 5.03 Å². The van der Waals surface area contributed by atoms with Crippen LogP contribution in [0.5, 0.6) is 0 Å². The Labute approximate surface area is 85.7 Å². The smallest absolute Gasteiger partial charge is 0.225 e. The van der Waals surface area contributed by atoms with Crippen molar-refractivity contribution in [2.45, 2.75) is 11.9 Å². The number of aromatic amines is 1. The van der Waals surface area contributed by atoms with Crippen molar-refractivity contribution < 1.29 is 0 Å². The SMILES string of the molecule is CCNc1nc(SC)c2cn[nH]c2n1. The molecule has 0 aromatic carbocycles. The van der Waals surface area contributed by atoms with E-state index in [1.165, 1.54) is 0 Å². The Morgan fingerprint density at radius 1 is 1.50 bits per heavy atom. The molecule has 0 bridgehead atoms. The van der Waals surface area contributed by atoms with Crippen LogP contribution in [-0.4, -0.2) is 33.0 Å². The molecule has 0 aliphatic carbocycles. The fraction of sp³-hybridized carbons (Fsp3) is 0.375. The first-order valence-corrected chi connectivity index (χ1v) is 5.56. The van der Waals surface area contributed by atoms with Gasteiger partial charge in [-0.25, -0.2) is 4.98 Å². The van der Waals surface area contributed by atoms with Gasteiger partial charge in [0.2, 0.25) is 5.95 Å². The zero-order chi connectivity index (χ0) is 9.97. The molecule has 2 N–H and O–H groups in total. The predicted octanol–water partition coefficient (Wildman–Crippen LogP) is 1.51. The average molecular weight is 209 g/mol. The van der Waals surface area contributed by atoms with Crippen molar-refractivity contribution in [3.63, 3.8) is 0 Å². The third-order valence-electron chi connectivity index (χ3n) is 1.80. The molecular formula is C8H11N5S. The highest BCUT2D eigenvalue weighted by atomic mass is 32.2. The van der Waals surface area contributed by atoms with Crippen molar-refractivity contribution >= 4 is 28.7 Å². The lowest BCUT2D eigenvalue weighted by Gasteiger charge is -2.03. The third-order valence-corrected chi connectivity index (χ3v) is 2.50. The maximum atomic E-state index is 4.36. The fourth-order valence-corrected chi connectivity index (χ4v) is 1.75.